The number of hydrogen-bond donors (Lipinski definition) is 1. The Labute approximate surface area is 89.9 Å². The smallest absolute Gasteiger partial charge is 0.0483 e. The van der Waals surface area contributed by atoms with E-state index in [9.17, 15) is 0 Å². The fourth-order valence-electron chi connectivity index (χ4n) is 2.42. The van der Waals surface area contributed by atoms with Crippen LogP contribution in [0.2, 0.25) is 0 Å². The lowest BCUT2D eigenvalue weighted by Gasteiger charge is -2.17. The molecule has 1 N–H and O–H groups in total. The molecule has 15 heavy (non-hydrogen) atoms. The van der Waals surface area contributed by atoms with Gasteiger partial charge in [-0.25, -0.2) is 0 Å². The van der Waals surface area contributed by atoms with Crippen LogP contribution in [0.4, 0.5) is 0 Å². The van der Waals surface area contributed by atoms with E-state index in [1.54, 1.807) is 0 Å². The fourth-order valence-corrected chi connectivity index (χ4v) is 2.42. The predicted molar refractivity (Wildman–Crippen MR) is 63.0 cm³/mol. The van der Waals surface area contributed by atoms with Gasteiger partial charge >= 0.3 is 0 Å². The molecular weight excluding hydrogens is 184 g/mol. The number of rotatable bonds is 1. The van der Waals surface area contributed by atoms with E-state index in [4.69, 9.17) is 0 Å². The molecule has 1 aliphatic rings. The number of nitrogens with zero attached hydrogens (tertiary/aromatic N) is 1. The maximum atomic E-state index is 3.41. The molecule has 0 unspecified atom stereocenters. The summed E-state index contributed by atoms with van der Waals surface area (Å²) in [6.07, 6.45) is 1.12. The highest BCUT2D eigenvalue weighted by Crippen LogP contribution is 2.22. The molecule has 0 atom stereocenters. The van der Waals surface area contributed by atoms with Gasteiger partial charge in [0.2, 0.25) is 0 Å². The van der Waals surface area contributed by atoms with Gasteiger partial charge in [0.15, 0.2) is 0 Å². The Morgan fingerprint density at radius 1 is 1.33 bits per heavy atom. The molecule has 1 aromatic carbocycles. The van der Waals surface area contributed by atoms with Crippen LogP contribution in [-0.4, -0.2) is 11.1 Å². The Bertz CT molecular complexity index is 496. The van der Waals surface area contributed by atoms with Crippen LogP contribution in [0.25, 0.3) is 10.9 Å². The number of aryl methyl sites for hydroxylation is 1. The summed E-state index contributed by atoms with van der Waals surface area (Å²) in [6.45, 7) is 5.41. The van der Waals surface area contributed by atoms with Crippen molar-refractivity contribution in [2.24, 2.45) is 0 Å². The summed E-state index contributed by atoms with van der Waals surface area (Å²) in [4.78, 5) is 0. The van der Waals surface area contributed by atoms with Crippen LogP contribution in [0, 0.1) is 0 Å². The topological polar surface area (TPSA) is 17.0 Å². The van der Waals surface area contributed by atoms with Crippen molar-refractivity contribution in [3.8, 4) is 0 Å². The second-order valence-electron chi connectivity index (χ2n) is 4.21. The maximum Gasteiger partial charge on any atom is 0.0483 e. The Morgan fingerprint density at radius 2 is 2.27 bits per heavy atom. The lowest BCUT2D eigenvalue weighted by Crippen LogP contribution is -2.27. The average Bonchev–Trinajstić information content (AvgIpc) is 2.66. The Morgan fingerprint density at radius 3 is 3.13 bits per heavy atom. The second-order valence-corrected chi connectivity index (χ2v) is 4.21. The van der Waals surface area contributed by atoms with Gasteiger partial charge in [0.05, 0.1) is 0 Å². The van der Waals surface area contributed by atoms with Gasteiger partial charge in [-0.2, -0.15) is 0 Å². The summed E-state index contributed by atoms with van der Waals surface area (Å²) < 4.78 is 2.44. The number of hydrogen-bond acceptors (Lipinski definition) is 1. The van der Waals surface area contributed by atoms with Crippen molar-refractivity contribution < 1.29 is 0 Å². The van der Waals surface area contributed by atoms with Gasteiger partial charge in [0.25, 0.3) is 0 Å². The molecule has 0 saturated heterocycles. The molecule has 0 saturated carbocycles. The van der Waals surface area contributed by atoms with Gasteiger partial charge in [-0.05, 0) is 30.2 Å². The quantitative estimate of drug-likeness (QED) is 0.747. The van der Waals surface area contributed by atoms with E-state index in [1.165, 1.54) is 22.2 Å². The van der Waals surface area contributed by atoms with E-state index in [-0.39, 0.29) is 0 Å². The van der Waals surface area contributed by atoms with Crippen molar-refractivity contribution in [1.82, 2.24) is 9.88 Å². The molecule has 2 heteroatoms. The molecule has 0 aliphatic carbocycles. The molecular formula is C13H16N2. The van der Waals surface area contributed by atoms with Crippen LogP contribution < -0.4 is 5.32 Å². The monoisotopic (exact) mass is 200 g/mol. The predicted octanol–water partition coefficient (Wildman–Crippen LogP) is 2.31. The van der Waals surface area contributed by atoms with E-state index in [2.05, 4.69) is 41.1 Å². The van der Waals surface area contributed by atoms with Crippen molar-refractivity contribution in [3.05, 3.63) is 35.5 Å². The Hall–Kier alpha value is -1.28. The number of aromatic nitrogens is 1. The number of nitrogens with one attached hydrogen (secondary N) is 1. The second kappa shape index (κ2) is 3.38. The Kier molecular flexibility index (Phi) is 2.03. The van der Waals surface area contributed by atoms with Gasteiger partial charge in [0, 0.05) is 36.2 Å². The van der Waals surface area contributed by atoms with E-state index in [0.29, 0.717) is 0 Å². The zero-order valence-electron chi connectivity index (χ0n) is 9.09. The van der Waals surface area contributed by atoms with E-state index < -0.39 is 0 Å². The van der Waals surface area contributed by atoms with Crippen LogP contribution in [0.5, 0.6) is 0 Å². The van der Waals surface area contributed by atoms with Gasteiger partial charge in [0.1, 0.15) is 0 Å². The summed E-state index contributed by atoms with van der Waals surface area (Å²) in [5.74, 6) is 0. The first-order chi connectivity index (χ1) is 7.38. The molecule has 2 nitrogen and oxygen atoms in total. The molecule has 3 rings (SSSR count). The fraction of sp³-hybridized carbons (Fsp3) is 0.385. The Balaban J connectivity index is 2.22. The van der Waals surface area contributed by atoms with Crippen molar-refractivity contribution in [2.45, 2.75) is 26.4 Å². The summed E-state index contributed by atoms with van der Waals surface area (Å²) in [5, 5.41) is 4.81. The molecule has 0 radical (unpaired) electrons. The standard InChI is InChI=1S/C13H16N2/c1-2-10-3-4-13-11(7-10)8-12-9-14-5-6-15(12)13/h3-4,7-8,14H,2,5-6,9H2,1H3. The van der Waals surface area contributed by atoms with Gasteiger partial charge in [-0.15, -0.1) is 0 Å². The third kappa shape index (κ3) is 1.37. The third-order valence-electron chi connectivity index (χ3n) is 3.28. The first kappa shape index (κ1) is 8.98. The van der Waals surface area contributed by atoms with Crippen LogP contribution in [0.15, 0.2) is 24.3 Å². The molecule has 1 aromatic heterocycles. The first-order valence-electron chi connectivity index (χ1n) is 5.70. The minimum absolute atomic E-state index is 1.01. The lowest BCUT2D eigenvalue weighted by atomic mass is 10.1. The van der Waals surface area contributed by atoms with E-state index >= 15 is 0 Å². The van der Waals surface area contributed by atoms with E-state index in [0.717, 1.165) is 26.1 Å². The third-order valence-corrected chi connectivity index (χ3v) is 3.28. The summed E-state index contributed by atoms with van der Waals surface area (Å²) in [5.41, 5.74) is 4.24. The molecule has 0 fully saturated rings. The normalized spacial score (nSPS) is 15.5. The molecule has 0 spiro atoms. The summed E-state index contributed by atoms with van der Waals surface area (Å²) in [7, 11) is 0. The van der Waals surface area contributed by atoms with Crippen molar-refractivity contribution in [2.75, 3.05) is 6.54 Å². The SMILES string of the molecule is CCc1ccc2c(c1)cc1n2CCNC1. The van der Waals surface area contributed by atoms with Gasteiger partial charge in [-0.3, -0.25) is 0 Å². The maximum absolute atomic E-state index is 3.41. The van der Waals surface area contributed by atoms with Gasteiger partial charge < -0.3 is 9.88 Å². The zero-order valence-corrected chi connectivity index (χ0v) is 9.09. The zero-order chi connectivity index (χ0) is 10.3. The molecule has 0 amide bonds. The van der Waals surface area contributed by atoms with Crippen LogP contribution in [0.3, 0.4) is 0 Å². The average molecular weight is 200 g/mol. The van der Waals surface area contributed by atoms with Crippen molar-refractivity contribution in [1.29, 1.82) is 0 Å². The molecule has 0 bridgehead atoms. The van der Waals surface area contributed by atoms with Crippen LogP contribution in [-0.2, 0) is 19.5 Å². The number of benzene rings is 1. The van der Waals surface area contributed by atoms with Crippen molar-refractivity contribution in [3.63, 3.8) is 0 Å². The first-order valence-corrected chi connectivity index (χ1v) is 5.70. The number of fused-ring (bicyclic) bond motifs is 3. The minimum atomic E-state index is 1.01. The minimum Gasteiger partial charge on any atom is -0.342 e. The highest BCUT2D eigenvalue weighted by Gasteiger charge is 2.11. The van der Waals surface area contributed by atoms with Crippen molar-refractivity contribution >= 4 is 10.9 Å². The van der Waals surface area contributed by atoms with Crippen LogP contribution >= 0.6 is 0 Å². The molecule has 78 valence electrons. The lowest BCUT2D eigenvalue weighted by molar-refractivity contribution is 0.527. The highest BCUT2D eigenvalue weighted by atomic mass is 15.1. The largest absolute Gasteiger partial charge is 0.342 e. The van der Waals surface area contributed by atoms with E-state index in [1.807, 2.05) is 0 Å². The summed E-state index contributed by atoms with van der Waals surface area (Å²) >= 11 is 0. The molecule has 1 aliphatic heterocycles. The molecule has 2 aromatic rings. The van der Waals surface area contributed by atoms with Crippen LogP contribution in [0.1, 0.15) is 18.2 Å². The molecule has 2 heterocycles. The van der Waals surface area contributed by atoms with Gasteiger partial charge in [-0.1, -0.05) is 13.0 Å². The summed E-state index contributed by atoms with van der Waals surface area (Å²) in [6, 6.07) is 9.15. The highest BCUT2D eigenvalue weighted by molar-refractivity contribution is 5.82.